The van der Waals surface area contributed by atoms with Crippen LogP contribution < -0.4 is 0 Å². The van der Waals surface area contributed by atoms with Gasteiger partial charge in [-0.25, -0.2) is 0 Å². The lowest BCUT2D eigenvalue weighted by Crippen LogP contribution is -2.54. The van der Waals surface area contributed by atoms with Crippen LogP contribution in [0.25, 0.3) is 0 Å². The lowest BCUT2D eigenvalue weighted by atomic mass is 9.61. The Hall–Kier alpha value is -0.570. The minimum atomic E-state index is -0.0532. The van der Waals surface area contributed by atoms with Gasteiger partial charge >= 0.3 is 5.97 Å². The van der Waals surface area contributed by atoms with Crippen molar-refractivity contribution in [3.63, 3.8) is 0 Å². The molecule has 0 unspecified atom stereocenters. The van der Waals surface area contributed by atoms with Gasteiger partial charge in [0.2, 0.25) is 0 Å². The first-order chi connectivity index (χ1) is 5.26. The van der Waals surface area contributed by atoms with Crippen LogP contribution in [0.1, 0.15) is 12.8 Å². The zero-order valence-electron chi connectivity index (χ0n) is 6.63. The highest BCUT2D eigenvalue weighted by molar-refractivity contribution is 5.73. The van der Waals surface area contributed by atoms with Crippen molar-refractivity contribution in [1.82, 2.24) is 0 Å². The molecular weight excluding hydrogens is 144 g/mol. The molecule has 62 valence electrons. The van der Waals surface area contributed by atoms with Crippen molar-refractivity contribution in [2.75, 3.05) is 20.3 Å². The normalized spacial score (nSPS) is 27.4. The SMILES string of the molecule is COC(=O)C1CC2(COC2)C1. The third-order valence-electron chi connectivity index (χ3n) is 2.71. The van der Waals surface area contributed by atoms with E-state index in [1.165, 1.54) is 7.11 Å². The molecule has 3 nitrogen and oxygen atoms in total. The fraction of sp³-hybridized carbons (Fsp3) is 0.875. The van der Waals surface area contributed by atoms with E-state index in [2.05, 4.69) is 4.74 Å². The fourth-order valence-corrected chi connectivity index (χ4v) is 1.95. The Morgan fingerprint density at radius 1 is 1.55 bits per heavy atom. The Labute approximate surface area is 65.7 Å². The van der Waals surface area contributed by atoms with Crippen LogP contribution in [0, 0.1) is 11.3 Å². The first-order valence-corrected chi connectivity index (χ1v) is 3.91. The molecule has 1 aliphatic carbocycles. The fourth-order valence-electron chi connectivity index (χ4n) is 1.95. The van der Waals surface area contributed by atoms with Crippen LogP contribution in [-0.2, 0) is 14.3 Å². The molecular formula is C8H12O3. The second kappa shape index (κ2) is 2.21. The predicted molar refractivity (Wildman–Crippen MR) is 38.0 cm³/mol. The van der Waals surface area contributed by atoms with Crippen molar-refractivity contribution < 1.29 is 14.3 Å². The Morgan fingerprint density at radius 3 is 2.55 bits per heavy atom. The summed E-state index contributed by atoms with van der Waals surface area (Å²) in [5.41, 5.74) is 0.374. The second-order valence-electron chi connectivity index (χ2n) is 3.62. The summed E-state index contributed by atoms with van der Waals surface area (Å²) in [6.45, 7) is 1.70. The third kappa shape index (κ3) is 0.948. The molecule has 0 aromatic carbocycles. The quantitative estimate of drug-likeness (QED) is 0.521. The topological polar surface area (TPSA) is 35.5 Å². The molecule has 0 N–H and O–H groups in total. The van der Waals surface area contributed by atoms with Crippen LogP contribution >= 0.6 is 0 Å². The first kappa shape index (κ1) is 7.10. The van der Waals surface area contributed by atoms with E-state index in [1.54, 1.807) is 0 Å². The van der Waals surface area contributed by atoms with E-state index in [1.807, 2.05) is 0 Å². The van der Waals surface area contributed by atoms with Crippen LogP contribution in [-0.4, -0.2) is 26.3 Å². The van der Waals surface area contributed by atoms with Crippen LogP contribution in [0.3, 0.4) is 0 Å². The summed E-state index contributed by atoms with van der Waals surface area (Å²) in [7, 11) is 1.45. The van der Waals surface area contributed by atoms with Crippen molar-refractivity contribution in [2.45, 2.75) is 12.8 Å². The predicted octanol–water partition coefficient (Wildman–Crippen LogP) is 0.586. The van der Waals surface area contributed by atoms with Gasteiger partial charge in [0.1, 0.15) is 0 Å². The van der Waals surface area contributed by atoms with Crippen molar-refractivity contribution in [1.29, 1.82) is 0 Å². The van der Waals surface area contributed by atoms with E-state index in [4.69, 9.17) is 4.74 Å². The smallest absolute Gasteiger partial charge is 0.308 e. The number of ether oxygens (including phenoxy) is 2. The van der Waals surface area contributed by atoms with E-state index >= 15 is 0 Å². The molecule has 1 saturated carbocycles. The molecule has 0 aromatic rings. The summed E-state index contributed by atoms with van der Waals surface area (Å²) in [6, 6.07) is 0. The summed E-state index contributed by atoms with van der Waals surface area (Å²) in [5.74, 6) is 0.103. The average molecular weight is 156 g/mol. The van der Waals surface area contributed by atoms with Gasteiger partial charge < -0.3 is 9.47 Å². The van der Waals surface area contributed by atoms with Gasteiger partial charge in [-0.2, -0.15) is 0 Å². The van der Waals surface area contributed by atoms with Gasteiger partial charge in [0, 0.05) is 5.41 Å². The van der Waals surface area contributed by atoms with Gasteiger partial charge in [-0.05, 0) is 12.8 Å². The number of carbonyl (C=O) groups excluding carboxylic acids is 1. The molecule has 0 bridgehead atoms. The maximum absolute atomic E-state index is 11.0. The molecule has 2 rings (SSSR count). The minimum Gasteiger partial charge on any atom is -0.469 e. The molecule has 11 heavy (non-hydrogen) atoms. The molecule has 0 amide bonds. The van der Waals surface area contributed by atoms with Gasteiger partial charge in [-0.1, -0.05) is 0 Å². The van der Waals surface area contributed by atoms with E-state index in [-0.39, 0.29) is 11.9 Å². The Balaban J connectivity index is 1.83. The Morgan fingerprint density at radius 2 is 2.18 bits per heavy atom. The van der Waals surface area contributed by atoms with Gasteiger partial charge in [0.05, 0.1) is 26.2 Å². The summed E-state index contributed by atoms with van der Waals surface area (Å²) in [4.78, 5) is 11.0. The van der Waals surface area contributed by atoms with Crippen LogP contribution in [0.5, 0.6) is 0 Å². The van der Waals surface area contributed by atoms with E-state index in [0.717, 1.165) is 26.1 Å². The summed E-state index contributed by atoms with van der Waals surface area (Å²) in [5, 5.41) is 0. The summed E-state index contributed by atoms with van der Waals surface area (Å²) in [6.07, 6.45) is 1.94. The van der Waals surface area contributed by atoms with Crippen LogP contribution in [0.15, 0.2) is 0 Å². The van der Waals surface area contributed by atoms with Gasteiger partial charge in [0.25, 0.3) is 0 Å². The van der Waals surface area contributed by atoms with Crippen molar-refractivity contribution in [3.05, 3.63) is 0 Å². The molecule has 1 aliphatic heterocycles. The van der Waals surface area contributed by atoms with Crippen molar-refractivity contribution >= 4 is 5.97 Å². The summed E-state index contributed by atoms with van der Waals surface area (Å²) >= 11 is 0. The van der Waals surface area contributed by atoms with E-state index < -0.39 is 0 Å². The first-order valence-electron chi connectivity index (χ1n) is 3.91. The molecule has 3 heteroatoms. The van der Waals surface area contributed by atoms with Gasteiger partial charge in [-0.3, -0.25) is 4.79 Å². The molecule has 1 saturated heterocycles. The zero-order valence-corrected chi connectivity index (χ0v) is 6.63. The number of hydrogen-bond donors (Lipinski definition) is 0. The molecule has 1 spiro atoms. The number of rotatable bonds is 1. The Kier molecular flexibility index (Phi) is 1.42. The maximum atomic E-state index is 11.0. The summed E-state index contributed by atoms with van der Waals surface area (Å²) < 4.78 is 9.73. The van der Waals surface area contributed by atoms with Crippen LogP contribution in [0.4, 0.5) is 0 Å². The van der Waals surface area contributed by atoms with Gasteiger partial charge in [-0.15, -0.1) is 0 Å². The molecule has 0 atom stereocenters. The molecule has 2 fully saturated rings. The molecule has 0 radical (unpaired) electrons. The highest BCUT2D eigenvalue weighted by atomic mass is 16.5. The largest absolute Gasteiger partial charge is 0.469 e. The van der Waals surface area contributed by atoms with Crippen LogP contribution in [0.2, 0.25) is 0 Å². The highest BCUT2D eigenvalue weighted by Crippen LogP contribution is 2.50. The number of methoxy groups -OCH3 is 1. The lowest BCUT2D eigenvalue weighted by molar-refractivity contribution is -0.193. The minimum absolute atomic E-state index is 0.0532. The molecule has 0 aromatic heterocycles. The third-order valence-corrected chi connectivity index (χ3v) is 2.71. The standard InChI is InChI=1S/C8H12O3/c1-10-7(9)6-2-8(3-6)4-11-5-8/h6H,2-5H2,1H3. The Bertz CT molecular complexity index is 176. The lowest BCUT2D eigenvalue weighted by Gasteiger charge is -2.52. The van der Waals surface area contributed by atoms with Crippen molar-refractivity contribution in [2.24, 2.45) is 11.3 Å². The zero-order chi connectivity index (χ0) is 7.90. The highest BCUT2D eigenvalue weighted by Gasteiger charge is 2.52. The van der Waals surface area contributed by atoms with E-state index in [9.17, 15) is 4.79 Å². The average Bonchev–Trinajstić information content (AvgIpc) is 1.81. The van der Waals surface area contributed by atoms with E-state index in [0.29, 0.717) is 5.41 Å². The van der Waals surface area contributed by atoms with Crippen molar-refractivity contribution in [3.8, 4) is 0 Å². The number of hydrogen-bond acceptors (Lipinski definition) is 3. The number of carbonyl (C=O) groups is 1. The second-order valence-corrected chi connectivity index (χ2v) is 3.62. The van der Waals surface area contributed by atoms with Gasteiger partial charge in [0.15, 0.2) is 0 Å². The number of esters is 1. The maximum Gasteiger partial charge on any atom is 0.308 e. The monoisotopic (exact) mass is 156 g/mol. The molecule has 2 aliphatic rings. The molecule has 1 heterocycles.